The molecule has 0 aromatic heterocycles. The first-order valence-corrected chi connectivity index (χ1v) is 6.14. The number of alkyl halides is 4. The predicted molar refractivity (Wildman–Crippen MR) is 67.0 cm³/mol. The van der Waals surface area contributed by atoms with E-state index in [0.717, 1.165) is 6.07 Å². The van der Waals surface area contributed by atoms with Crippen molar-refractivity contribution in [3.05, 3.63) is 29.8 Å². The molecule has 0 aliphatic carbocycles. The zero-order valence-electron chi connectivity index (χ0n) is 11.2. The summed E-state index contributed by atoms with van der Waals surface area (Å²) in [7, 11) is 0. The highest BCUT2D eigenvalue weighted by atomic mass is 19.4. The fourth-order valence-electron chi connectivity index (χ4n) is 1.62. The maximum atomic E-state index is 12.3. The van der Waals surface area contributed by atoms with Gasteiger partial charge < -0.3 is 15.2 Å². The summed E-state index contributed by atoms with van der Waals surface area (Å²) in [5, 5.41) is 10.5. The largest absolute Gasteiger partial charge is 0.573 e. The lowest BCUT2D eigenvalue weighted by molar-refractivity contribution is -0.274. The Morgan fingerprint density at radius 1 is 1.27 bits per heavy atom. The number of ether oxygens (including phenoxy) is 1. The highest BCUT2D eigenvalue weighted by Crippen LogP contribution is 2.26. The molecule has 0 bridgehead atoms. The number of para-hydroxylation sites is 1. The zero-order valence-corrected chi connectivity index (χ0v) is 11.2. The normalized spacial score (nSPS) is 12.5. The number of aliphatic carboxylic acids is 1. The molecule has 1 amide bonds. The first-order valence-electron chi connectivity index (χ1n) is 6.14. The van der Waals surface area contributed by atoms with Gasteiger partial charge in [0.05, 0.1) is 0 Å². The summed E-state index contributed by atoms with van der Waals surface area (Å²) in [5.74, 6) is -2.76. The van der Waals surface area contributed by atoms with Crippen molar-refractivity contribution in [2.24, 2.45) is 0 Å². The monoisotopic (exact) mass is 323 g/mol. The summed E-state index contributed by atoms with van der Waals surface area (Å²) in [6.45, 7) is -1.28. The molecule has 1 aromatic rings. The SMILES string of the molecule is O=C(CCc1ccccc1OC(F)(F)F)NC(CF)C(=O)O. The molecule has 9 heteroatoms. The molecule has 2 N–H and O–H groups in total. The molecule has 0 saturated carbocycles. The molecule has 0 spiro atoms. The number of nitrogens with one attached hydrogen (secondary N) is 1. The van der Waals surface area contributed by atoms with Crippen molar-refractivity contribution >= 4 is 11.9 Å². The van der Waals surface area contributed by atoms with E-state index >= 15 is 0 Å². The molecule has 1 rings (SSSR count). The lowest BCUT2D eigenvalue weighted by Gasteiger charge is -2.14. The van der Waals surface area contributed by atoms with Crippen molar-refractivity contribution < 1.29 is 37.0 Å². The molecule has 1 unspecified atom stereocenters. The van der Waals surface area contributed by atoms with Gasteiger partial charge in [-0.05, 0) is 18.1 Å². The van der Waals surface area contributed by atoms with Crippen LogP contribution in [0.15, 0.2) is 24.3 Å². The summed E-state index contributed by atoms with van der Waals surface area (Å²) in [5.41, 5.74) is 0.127. The Morgan fingerprint density at radius 3 is 2.45 bits per heavy atom. The fraction of sp³-hybridized carbons (Fsp3) is 0.385. The molecule has 0 saturated heterocycles. The molecule has 1 aromatic carbocycles. The third-order valence-electron chi connectivity index (χ3n) is 2.61. The zero-order chi connectivity index (χ0) is 16.8. The van der Waals surface area contributed by atoms with E-state index < -0.39 is 36.7 Å². The standard InChI is InChI=1S/C13H13F4NO4/c14-7-9(12(20)21)18-11(19)6-5-8-3-1-2-4-10(8)22-13(15,16)17/h1-4,9H,5-7H2,(H,18,19)(H,20,21). The number of carboxylic acid groups (broad SMARTS) is 1. The smallest absolute Gasteiger partial charge is 0.480 e. The third kappa shape index (κ3) is 5.98. The number of hydrogen-bond donors (Lipinski definition) is 2. The molecule has 5 nitrogen and oxygen atoms in total. The topological polar surface area (TPSA) is 75.6 Å². The van der Waals surface area contributed by atoms with Crippen molar-refractivity contribution in [1.82, 2.24) is 5.32 Å². The van der Waals surface area contributed by atoms with Gasteiger partial charge in [0.25, 0.3) is 0 Å². The van der Waals surface area contributed by atoms with Gasteiger partial charge in [-0.15, -0.1) is 13.2 Å². The van der Waals surface area contributed by atoms with Crippen molar-refractivity contribution in [3.8, 4) is 5.75 Å². The Balaban J connectivity index is 2.64. The van der Waals surface area contributed by atoms with Crippen LogP contribution in [0.3, 0.4) is 0 Å². The number of carboxylic acids is 1. The minimum Gasteiger partial charge on any atom is -0.480 e. The lowest BCUT2D eigenvalue weighted by Crippen LogP contribution is -2.42. The van der Waals surface area contributed by atoms with Crippen LogP contribution in [-0.4, -0.2) is 36.1 Å². The second-order valence-corrected chi connectivity index (χ2v) is 4.27. The van der Waals surface area contributed by atoms with Crippen LogP contribution in [-0.2, 0) is 16.0 Å². The highest BCUT2D eigenvalue weighted by Gasteiger charge is 2.32. The lowest BCUT2D eigenvalue weighted by atomic mass is 10.1. The van der Waals surface area contributed by atoms with E-state index in [0.29, 0.717) is 0 Å². The molecule has 0 fully saturated rings. The molecule has 0 aliphatic heterocycles. The van der Waals surface area contributed by atoms with Crippen LogP contribution in [0.2, 0.25) is 0 Å². The van der Waals surface area contributed by atoms with Crippen LogP contribution in [0.5, 0.6) is 5.75 Å². The summed E-state index contributed by atoms with van der Waals surface area (Å²) in [6, 6.07) is 3.58. The number of halogens is 4. The number of amides is 1. The maximum absolute atomic E-state index is 12.3. The molecular formula is C13H13F4NO4. The molecule has 122 valence electrons. The van der Waals surface area contributed by atoms with Crippen LogP contribution in [0.4, 0.5) is 17.6 Å². The molecule has 0 radical (unpaired) electrons. The van der Waals surface area contributed by atoms with Gasteiger partial charge in [0.1, 0.15) is 12.4 Å². The summed E-state index contributed by atoms with van der Waals surface area (Å²) in [4.78, 5) is 22.0. The fourth-order valence-corrected chi connectivity index (χ4v) is 1.62. The Labute approximate surface area is 122 Å². The highest BCUT2D eigenvalue weighted by molar-refractivity contribution is 5.83. The van der Waals surface area contributed by atoms with E-state index in [2.05, 4.69) is 4.74 Å². The maximum Gasteiger partial charge on any atom is 0.573 e. The van der Waals surface area contributed by atoms with E-state index in [4.69, 9.17) is 5.11 Å². The van der Waals surface area contributed by atoms with E-state index in [1.165, 1.54) is 18.2 Å². The predicted octanol–water partition coefficient (Wildman–Crippen LogP) is 2.06. The van der Waals surface area contributed by atoms with Gasteiger partial charge >= 0.3 is 12.3 Å². The Hall–Kier alpha value is -2.32. The summed E-state index contributed by atoms with van der Waals surface area (Å²) in [6.07, 6.45) is -5.28. The van der Waals surface area contributed by atoms with Gasteiger partial charge in [-0.2, -0.15) is 0 Å². The molecule has 0 heterocycles. The minimum atomic E-state index is -4.86. The number of hydrogen-bond acceptors (Lipinski definition) is 3. The van der Waals surface area contributed by atoms with Crippen LogP contribution >= 0.6 is 0 Å². The number of rotatable bonds is 7. The Morgan fingerprint density at radius 2 is 1.91 bits per heavy atom. The first kappa shape index (κ1) is 17.7. The number of benzene rings is 1. The molecule has 0 aliphatic rings. The Bertz CT molecular complexity index is 533. The second kappa shape index (κ2) is 7.62. The van der Waals surface area contributed by atoms with E-state index in [9.17, 15) is 27.2 Å². The summed E-state index contributed by atoms with van der Waals surface area (Å²) < 4.78 is 52.8. The third-order valence-corrected chi connectivity index (χ3v) is 2.61. The van der Waals surface area contributed by atoms with E-state index in [1.54, 1.807) is 0 Å². The number of carbonyl (C=O) groups is 2. The summed E-state index contributed by atoms with van der Waals surface area (Å²) >= 11 is 0. The average Bonchev–Trinajstić information content (AvgIpc) is 2.41. The number of aryl methyl sites for hydroxylation is 1. The van der Waals surface area contributed by atoms with Crippen molar-refractivity contribution in [2.45, 2.75) is 25.2 Å². The van der Waals surface area contributed by atoms with E-state index in [1.807, 2.05) is 5.32 Å². The van der Waals surface area contributed by atoms with Gasteiger partial charge in [-0.1, -0.05) is 18.2 Å². The van der Waals surface area contributed by atoms with Gasteiger partial charge in [0.2, 0.25) is 5.91 Å². The van der Waals surface area contributed by atoms with Gasteiger partial charge in [0, 0.05) is 6.42 Å². The van der Waals surface area contributed by atoms with E-state index in [-0.39, 0.29) is 18.4 Å². The molecule has 22 heavy (non-hydrogen) atoms. The first-order chi connectivity index (χ1) is 10.2. The quantitative estimate of drug-likeness (QED) is 0.753. The molecule has 1 atom stereocenters. The average molecular weight is 323 g/mol. The van der Waals surface area contributed by atoms with Gasteiger partial charge in [-0.3, -0.25) is 4.79 Å². The van der Waals surface area contributed by atoms with Crippen molar-refractivity contribution in [3.63, 3.8) is 0 Å². The van der Waals surface area contributed by atoms with Gasteiger partial charge in [-0.25, -0.2) is 9.18 Å². The second-order valence-electron chi connectivity index (χ2n) is 4.27. The van der Waals surface area contributed by atoms with Crippen molar-refractivity contribution in [1.29, 1.82) is 0 Å². The van der Waals surface area contributed by atoms with Crippen LogP contribution in [0.1, 0.15) is 12.0 Å². The Kier molecular flexibility index (Phi) is 6.14. The minimum absolute atomic E-state index is 0.114. The van der Waals surface area contributed by atoms with Crippen molar-refractivity contribution in [2.75, 3.05) is 6.67 Å². The number of carbonyl (C=O) groups excluding carboxylic acids is 1. The van der Waals surface area contributed by atoms with Crippen LogP contribution in [0, 0.1) is 0 Å². The van der Waals surface area contributed by atoms with Crippen LogP contribution in [0.25, 0.3) is 0 Å². The van der Waals surface area contributed by atoms with Gasteiger partial charge in [0.15, 0.2) is 6.04 Å². The van der Waals surface area contributed by atoms with Crippen LogP contribution < -0.4 is 10.1 Å². The molecular weight excluding hydrogens is 310 g/mol.